The van der Waals surface area contributed by atoms with Crippen LogP contribution in [-0.4, -0.2) is 65.0 Å². The average Bonchev–Trinajstić information content (AvgIpc) is 2.94. The monoisotopic (exact) mass is 308 g/mol. The van der Waals surface area contributed by atoms with Crippen LogP contribution in [0, 0.1) is 11.8 Å². The molecular weight excluding hydrogens is 293 g/mol. The second-order valence-electron chi connectivity index (χ2n) is 5.40. The molecular formula is C12H15F3N2O4. The van der Waals surface area contributed by atoms with Gasteiger partial charge in [0, 0.05) is 26.1 Å². The van der Waals surface area contributed by atoms with Gasteiger partial charge < -0.3 is 14.9 Å². The highest BCUT2D eigenvalue weighted by Crippen LogP contribution is 2.27. The van der Waals surface area contributed by atoms with Crippen molar-refractivity contribution in [1.29, 1.82) is 0 Å². The Hall–Kier alpha value is -1.80. The maximum absolute atomic E-state index is 12.3. The van der Waals surface area contributed by atoms with Crippen LogP contribution < -0.4 is 0 Å². The van der Waals surface area contributed by atoms with Gasteiger partial charge in [0.1, 0.15) is 6.54 Å². The molecule has 9 heteroatoms. The number of carbonyl (C=O) groups is 3. The maximum atomic E-state index is 12.3. The highest BCUT2D eigenvalue weighted by Gasteiger charge is 2.43. The summed E-state index contributed by atoms with van der Waals surface area (Å²) in [5.74, 6) is -3.58. The summed E-state index contributed by atoms with van der Waals surface area (Å²) < 4.78 is 36.9. The molecule has 0 unspecified atom stereocenters. The first-order chi connectivity index (χ1) is 9.67. The fraction of sp³-hybridized carbons (Fsp3) is 0.750. The van der Waals surface area contributed by atoms with Crippen LogP contribution in [0.2, 0.25) is 0 Å². The number of rotatable bonds is 3. The number of hydrogen-bond donors (Lipinski definition) is 1. The van der Waals surface area contributed by atoms with Crippen LogP contribution in [-0.2, 0) is 14.4 Å². The average molecular weight is 308 g/mol. The van der Waals surface area contributed by atoms with Crippen LogP contribution in [0.1, 0.15) is 12.8 Å². The van der Waals surface area contributed by atoms with Gasteiger partial charge in [0.2, 0.25) is 11.8 Å². The Kier molecular flexibility index (Phi) is 4.11. The van der Waals surface area contributed by atoms with E-state index in [2.05, 4.69) is 0 Å². The lowest BCUT2D eigenvalue weighted by molar-refractivity contribution is -0.157. The van der Waals surface area contributed by atoms with E-state index in [1.54, 1.807) is 0 Å². The lowest BCUT2D eigenvalue weighted by atomic mass is 10.1. The van der Waals surface area contributed by atoms with Gasteiger partial charge in [-0.2, -0.15) is 13.2 Å². The van der Waals surface area contributed by atoms with E-state index < -0.39 is 42.3 Å². The minimum atomic E-state index is -4.49. The highest BCUT2D eigenvalue weighted by molar-refractivity contribution is 5.89. The number of halogens is 3. The molecule has 0 saturated carbocycles. The SMILES string of the molecule is O=C(O)[C@H]1CCN(C(=O)[C@H]2CC(=O)N(CC(F)(F)F)C2)C1. The molecule has 0 spiro atoms. The van der Waals surface area contributed by atoms with Crippen molar-refractivity contribution in [3.63, 3.8) is 0 Å². The van der Waals surface area contributed by atoms with Crippen molar-refractivity contribution in [2.75, 3.05) is 26.2 Å². The van der Waals surface area contributed by atoms with Gasteiger partial charge in [-0.3, -0.25) is 14.4 Å². The molecule has 21 heavy (non-hydrogen) atoms. The van der Waals surface area contributed by atoms with Crippen LogP contribution >= 0.6 is 0 Å². The first-order valence-corrected chi connectivity index (χ1v) is 6.53. The third kappa shape index (κ3) is 3.64. The molecule has 0 aromatic heterocycles. The number of hydrogen-bond acceptors (Lipinski definition) is 3. The van der Waals surface area contributed by atoms with Crippen molar-refractivity contribution >= 4 is 17.8 Å². The Morgan fingerprint density at radius 2 is 1.90 bits per heavy atom. The molecule has 2 fully saturated rings. The predicted octanol–water partition coefficient (Wildman–Crippen LogP) is 0.330. The molecule has 2 saturated heterocycles. The number of carbonyl (C=O) groups excluding carboxylic acids is 2. The third-order valence-electron chi connectivity index (χ3n) is 3.78. The zero-order chi connectivity index (χ0) is 15.8. The lowest BCUT2D eigenvalue weighted by Gasteiger charge is -2.21. The number of amides is 2. The smallest absolute Gasteiger partial charge is 0.406 e. The van der Waals surface area contributed by atoms with Crippen LogP contribution in [0.4, 0.5) is 13.2 Å². The zero-order valence-corrected chi connectivity index (χ0v) is 11.1. The standard InChI is InChI=1S/C12H15F3N2O4/c13-12(14,15)6-17-5-8(3-9(17)18)10(19)16-2-1-7(4-16)11(20)21/h7-8H,1-6H2,(H,20,21)/t7-,8-/m0/s1. The Labute approximate surface area is 118 Å². The highest BCUT2D eigenvalue weighted by atomic mass is 19.4. The van der Waals surface area contributed by atoms with Crippen LogP contribution in [0.25, 0.3) is 0 Å². The van der Waals surface area contributed by atoms with Crippen molar-refractivity contribution in [2.45, 2.75) is 19.0 Å². The van der Waals surface area contributed by atoms with E-state index in [1.807, 2.05) is 0 Å². The molecule has 2 atom stereocenters. The van der Waals surface area contributed by atoms with Crippen LogP contribution in [0.15, 0.2) is 0 Å². The van der Waals surface area contributed by atoms with E-state index in [9.17, 15) is 27.6 Å². The van der Waals surface area contributed by atoms with E-state index in [1.165, 1.54) is 4.90 Å². The molecule has 2 amide bonds. The summed E-state index contributed by atoms with van der Waals surface area (Å²) in [6.07, 6.45) is -4.41. The first-order valence-electron chi connectivity index (χ1n) is 6.53. The molecule has 0 aromatic rings. The van der Waals surface area contributed by atoms with Gasteiger partial charge in [0.15, 0.2) is 0 Å². The largest absolute Gasteiger partial charge is 0.481 e. The van der Waals surface area contributed by atoms with Gasteiger partial charge in [0.05, 0.1) is 11.8 Å². The summed E-state index contributed by atoms with van der Waals surface area (Å²) in [6.45, 7) is -1.29. The third-order valence-corrected chi connectivity index (χ3v) is 3.78. The second-order valence-corrected chi connectivity index (χ2v) is 5.40. The molecule has 0 radical (unpaired) electrons. The Morgan fingerprint density at radius 1 is 1.24 bits per heavy atom. The molecule has 6 nitrogen and oxygen atoms in total. The molecule has 0 aliphatic carbocycles. The fourth-order valence-electron chi connectivity index (χ4n) is 2.73. The van der Waals surface area contributed by atoms with E-state index in [-0.39, 0.29) is 26.1 Å². The van der Waals surface area contributed by atoms with Gasteiger partial charge in [0.25, 0.3) is 0 Å². The van der Waals surface area contributed by atoms with Crippen molar-refractivity contribution < 1.29 is 32.7 Å². The summed E-state index contributed by atoms with van der Waals surface area (Å²) in [5.41, 5.74) is 0. The first kappa shape index (κ1) is 15.6. The number of carboxylic acids is 1. The number of likely N-dealkylation sites (tertiary alicyclic amines) is 2. The van der Waals surface area contributed by atoms with Gasteiger partial charge in [-0.05, 0) is 6.42 Å². The minimum absolute atomic E-state index is 0.0537. The number of nitrogens with zero attached hydrogens (tertiary/aromatic N) is 2. The maximum Gasteiger partial charge on any atom is 0.406 e. The number of alkyl halides is 3. The molecule has 0 aromatic carbocycles. The number of aliphatic carboxylic acids is 1. The topological polar surface area (TPSA) is 77.9 Å². The summed E-state index contributed by atoms with van der Waals surface area (Å²) in [4.78, 5) is 36.4. The summed E-state index contributed by atoms with van der Waals surface area (Å²) in [6, 6.07) is 0. The quantitative estimate of drug-likeness (QED) is 0.815. The Balaban J connectivity index is 1.93. The van der Waals surface area contributed by atoms with Gasteiger partial charge in [-0.1, -0.05) is 0 Å². The van der Waals surface area contributed by atoms with Gasteiger partial charge in [-0.15, -0.1) is 0 Å². The molecule has 2 aliphatic rings. The fourth-order valence-corrected chi connectivity index (χ4v) is 2.73. The van der Waals surface area contributed by atoms with E-state index in [0.29, 0.717) is 11.3 Å². The molecule has 2 aliphatic heterocycles. The Morgan fingerprint density at radius 3 is 2.43 bits per heavy atom. The zero-order valence-electron chi connectivity index (χ0n) is 11.1. The lowest BCUT2D eigenvalue weighted by Crippen LogP contribution is -2.38. The Bertz CT molecular complexity index is 466. The van der Waals surface area contributed by atoms with Crippen molar-refractivity contribution in [1.82, 2.24) is 9.80 Å². The molecule has 2 heterocycles. The second kappa shape index (κ2) is 5.53. The summed E-state index contributed by atoms with van der Waals surface area (Å²) >= 11 is 0. The normalized spacial score (nSPS) is 26.5. The molecule has 2 rings (SSSR count). The van der Waals surface area contributed by atoms with E-state index >= 15 is 0 Å². The van der Waals surface area contributed by atoms with Gasteiger partial charge in [-0.25, -0.2) is 0 Å². The predicted molar refractivity (Wildman–Crippen MR) is 63.1 cm³/mol. The van der Waals surface area contributed by atoms with Crippen LogP contribution in [0.3, 0.4) is 0 Å². The van der Waals surface area contributed by atoms with Gasteiger partial charge >= 0.3 is 12.1 Å². The molecule has 1 N–H and O–H groups in total. The van der Waals surface area contributed by atoms with Crippen molar-refractivity contribution in [3.05, 3.63) is 0 Å². The van der Waals surface area contributed by atoms with E-state index in [0.717, 1.165) is 0 Å². The summed E-state index contributed by atoms with van der Waals surface area (Å²) in [7, 11) is 0. The molecule has 118 valence electrons. The van der Waals surface area contributed by atoms with Crippen molar-refractivity contribution in [3.8, 4) is 0 Å². The van der Waals surface area contributed by atoms with E-state index in [4.69, 9.17) is 5.11 Å². The minimum Gasteiger partial charge on any atom is -0.481 e. The summed E-state index contributed by atoms with van der Waals surface area (Å²) in [5, 5.41) is 8.86. The van der Waals surface area contributed by atoms with Crippen molar-refractivity contribution in [2.24, 2.45) is 11.8 Å². The number of carboxylic acid groups (broad SMARTS) is 1. The van der Waals surface area contributed by atoms with Crippen LogP contribution in [0.5, 0.6) is 0 Å². The molecule has 0 bridgehead atoms.